The molecule has 0 aliphatic carbocycles. The van der Waals surface area contributed by atoms with Gasteiger partial charge in [-0.1, -0.05) is 0 Å². The molecule has 0 spiro atoms. The minimum Gasteiger partial charge on any atom is -0.348 e. The number of rotatable bonds is 3. The van der Waals surface area contributed by atoms with Crippen LogP contribution in [0.5, 0.6) is 0 Å². The van der Waals surface area contributed by atoms with Crippen LogP contribution in [-0.4, -0.2) is 23.5 Å². The Labute approximate surface area is 97.5 Å². The fraction of sp³-hybridized carbons (Fsp3) is 0.273. The molecule has 2 aromatic rings. The molecule has 0 aliphatic heterocycles. The van der Waals surface area contributed by atoms with E-state index in [0.29, 0.717) is 12.1 Å². The van der Waals surface area contributed by atoms with Crippen molar-refractivity contribution in [3.63, 3.8) is 0 Å². The highest BCUT2D eigenvalue weighted by Crippen LogP contribution is 2.18. The number of nitrogens with two attached hydrogens (primary N) is 1. The lowest BCUT2D eigenvalue weighted by atomic mass is 10.2. The largest absolute Gasteiger partial charge is 0.348 e. The van der Waals surface area contributed by atoms with Gasteiger partial charge in [0.05, 0.1) is 15.7 Å². The summed E-state index contributed by atoms with van der Waals surface area (Å²) >= 11 is 1.53. The minimum absolute atomic E-state index is 0.00958. The summed E-state index contributed by atoms with van der Waals surface area (Å²) in [5.74, 6) is -0.0896. The van der Waals surface area contributed by atoms with Crippen molar-refractivity contribution in [1.29, 1.82) is 0 Å². The number of benzene rings is 1. The third-order valence-corrected chi connectivity index (χ3v) is 3.12. The highest BCUT2D eigenvalue weighted by Gasteiger charge is 2.09. The summed E-state index contributed by atoms with van der Waals surface area (Å²) in [6.07, 6.45) is 0. The number of nitrogens with zero attached hydrogens (tertiary/aromatic N) is 1. The SMILES string of the molecule is C[C@@H](CN)NC(=O)c1ccc2ncsc2c1. The summed E-state index contributed by atoms with van der Waals surface area (Å²) < 4.78 is 1.02. The first-order valence-corrected chi connectivity index (χ1v) is 5.93. The predicted molar refractivity (Wildman–Crippen MR) is 65.6 cm³/mol. The fourth-order valence-corrected chi connectivity index (χ4v) is 2.08. The molecule has 0 fully saturated rings. The molecule has 0 saturated carbocycles. The first-order valence-electron chi connectivity index (χ1n) is 5.05. The molecule has 4 nitrogen and oxygen atoms in total. The molecule has 2 rings (SSSR count). The Hall–Kier alpha value is -1.46. The van der Waals surface area contributed by atoms with Crippen molar-refractivity contribution < 1.29 is 4.79 Å². The molecule has 3 N–H and O–H groups in total. The van der Waals surface area contributed by atoms with E-state index in [4.69, 9.17) is 5.73 Å². The molecule has 0 unspecified atom stereocenters. The van der Waals surface area contributed by atoms with Crippen LogP contribution < -0.4 is 11.1 Å². The highest BCUT2D eigenvalue weighted by molar-refractivity contribution is 7.16. The molecule has 1 amide bonds. The number of amides is 1. The zero-order valence-electron chi connectivity index (χ0n) is 8.93. The number of aromatic nitrogens is 1. The Balaban J connectivity index is 2.22. The Morgan fingerprint density at radius 2 is 2.44 bits per heavy atom. The third-order valence-electron chi connectivity index (χ3n) is 2.32. The van der Waals surface area contributed by atoms with Crippen molar-refractivity contribution in [3.8, 4) is 0 Å². The summed E-state index contributed by atoms with van der Waals surface area (Å²) in [7, 11) is 0. The number of fused-ring (bicyclic) bond motifs is 1. The maximum atomic E-state index is 11.8. The number of carbonyl (C=O) groups is 1. The van der Waals surface area contributed by atoms with Gasteiger partial charge >= 0.3 is 0 Å². The van der Waals surface area contributed by atoms with Gasteiger partial charge in [-0.3, -0.25) is 4.79 Å². The van der Waals surface area contributed by atoms with Crippen LogP contribution in [0.25, 0.3) is 10.2 Å². The number of carbonyl (C=O) groups excluding carboxylic acids is 1. The molecular formula is C11H13N3OS. The van der Waals surface area contributed by atoms with Crippen molar-refractivity contribution in [3.05, 3.63) is 29.3 Å². The maximum absolute atomic E-state index is 11.8. The number of hydrogen-bond donors (Lipinski definition) is 2. The molecule has 84 valence electrons. The summed E-state index contributed by atoms with van der Waals surface area (Å²) in [6, 6.07) is 5.48. The summed E-state index contributed by atoms with van der Waals surface area (Å²) in [5.41, 5.74) is 8.80. The van der Waals surface area contributed by atoms with Crippen molar-refractivity contribution in [2.75, 3.05) is 6.54 Å². The average Bonchev–Trinajstić information content (AvgIpc) is 2.75. The van der Waals surface area contributed by atoms with Gasteiger partial charge in [0.2, 0.25) is 0 Å². The molecule has 5 heteroatoms. The normalized spacial score (nSPS) is 12.6. The Morgan fingerprint density at radius 1 is 1.62 bits per heavy atom. The topological polar surface area (TPSA) is 68.0 Å². The minimum atomic E-state index is -0.0896. The Bertz CT molecular complexity index is 509. The van der Waals surface area contributed by atoms with Gasteiger partial charge in [0.1, 0.15) is 0 Å². The van der Waals surface area contributed by atoms with Crippen LogP contribution >= 0.6 is 11.3 Å². The smallest absolute Gasteiger partial charge is 0.251 e. The van der Waals surface area contributed by atoms with Crippen LogP contribution in [0.15, 0.2) is 23.7 Å². The van der Waals surface area contributed by atoms with Crippen LogP contribution in [0.1, 0.15) is 17.3 Å². The van der Waals surface area contributed by atoms with E-state index in [-0.39, 0.29) is 11.9 Å². The van der Waals surface area contributed by atoms with Gasteiger partial charge in [-0.2, -0.15) is 0 Å². The van der Waals surface area contributed by atoms with E-state index in [1.807, 2.05) is 19.1 Å². The lowest BCUT2D eigenvalue weighted by Gasteiger charge is -2.10. The number of thiazole rings is 1. The summed E-state index contributed by atoms with van der Waals surface area (Å²) in [5, 5.41) is 2.82. The van der Waals surface area contributed by atoms with E-state index in [2.05, 4.69) is 10.3 Å². The molecule has 1 aromatic carbocycles. The molecule has 0 aliphatic rings. The third kappa shape index (κ3) is 2.20. The zero-order chi connectivity index (χ0) is 11.5. The highest BCUT2D eigenvalue weighted by atomic mass is 32.1. The Kier molecular flexibility index (Phi) is 3.17. The van der Waals surface area contributed by atoms with Gasteiger partial charge in [-0.15, -0.1) is 11.3 Å². The van der Waals surface area contributed by atoms with Gasteiger partial charge in [0, 0.05) is 18.2 Å². The predicted octanol–water partition coefficient (Wildman–Crippen LogP) is 1.37. The number of nitrogens with one attached hydrogen (secondary N) is 1. The van der Waals surface area contributed by atoms with Crippen molar-refractivity contribution in [1.82, 2.24) is 10.3 Å². The van der Waals surface area contributed by atoms with E-state index in [0.717, 1.165) is 10.2 Å². The zero-order valence-corrected chi connectivity index (χ0v) is 9.75. The average molecular weight is 235 g/mol. The second-order valence-corrected chi connectivity index (χ2v) is 4.53. The van der Waals surface area contributed by atoms with Crippen LogP contribution in [0.3, 0.4) is 0 Å². The van der Waals surface area contributed by atoms with Crippen LogP contribution in [-0.2, 0) is 0 Å². The van der Waals surface area contributed by atoms with Crippen LogP contribution in [0.4, 0.5) is 0 Å². The van der Waals surface area contributed by atoms with Crippen molar-refractivity contribution in [2.45, 2.75) is 13.0 Å². The second-order valence-electron chi connectivity index (χ2n) is 3.65. The van der Waals surface area contributed by atoms with E-state index < -0.39 is 0 Å². The quantitative estimate of drug-likeness (QED) is 0.844. The van der Waals surface area contributed by atoms with Gasteiger partial charge < -0.3 is 11.1 Å². The van der Waals surface area contributed by atoms with E-state index in [1.54, 1.807) is 11.6 Å². The van der Waals surface area contributed by atoms with Gasteiger partial charge in [0.15, 0.2) is 0 Å². The molecule has 0 bridgehead atoms. The first-order chi connectivity index (χ1) is 7.70. The van der Waals surface area contributed by atoms with E-state index in [9.17, 15) is 4.79 Å². The molecule has 1 atom stereocenters. The Morgan fingerprint density at radius 3 is 3.19 bits per heavy atom. The standard InChI is InChI=1S/C11H13N3OS/c1-7(5-12)14-11(15)8-2-3-9-10(4-8)16-6-13-9/h2-4,6-7H,5,12H2,1H3,(H,14,15)/t7-/m0/s1. The fourth-order valence-electron chi connectivity index (χ4n) is 1.36. The molecular weight excluding hydrogens is 222 g/mol. The van der Waals surface area contributed by atoms with E-state index in [1.165, 1.54) is 11.3 Å². The molecule has 0 saturated heterocycles. The van der Waals surface area contributed by atoms with Gasteiger partial charge in [0.25, 0.3) is 5.91 Å². The van der Waals surface area contributed by atoms with Gasteiger partial charge in [-0.05, 0) is 25.1 Å². The van der Waals surface area contributed by atoms with Crippen molar-refractivity contribution >= 4 is 27.5 Å². The van der Waals surface area contributed by atoms with E-state index >= 15 is 0 Å². The van der Waals surface area contributed by atoms with Crippen molar-refractivity contribution in [2.24, 2.45) is 5.73 Å². The monoisotopic (exact) mass is 235 g/mol. The molecule has 0 radical (unpaired) electrons. The number of hydrogen-bond acceptors (Lipinski definition) is 4. The van der Waals surface area contributed by atoms with Crippen LogP contribution in [0.2, 0.25) is 0 Å². The maximum Gasteiger partial charge on any atom is 0.251 e. The molecule has 1 aromatic heterocycles. The molecule has 16 heavy (non-hydrogen) atoms. The lowest BCUT2D eigenvalue weighted by Crippen LogP contribution is -2.37. The lowest BCUT2D eigenvalue weighted by molar-refractivity contribution is 0.0941. The van der Waals surface area contributed by atoms with Gasteiger partial charge in [-0.25, -0.2) is 4.98 Å². The van der Waals surface area contributed by atoms with Crippen LogP contribution in [0, 0.1) is 0 Å². The molecule has 1 heterocycles. The summed E-state index contributed by atoms with van der Waals surface area (Å²) in [6.45, 7) is 2.32. The first kappa shape index (κ1) is 11.0. The summed E-state index contributed by atoms with van der Waals surface area (Å²) in [4.78, 5) is 16.0. The second kappa shape index (κ2) is 4.59.